The second-order valence-corrected chi connectivity index (χ2v) is 9.11. The molecule has 1 aliphatic heterocycles. The first-order valence-corrected chi connectivity index (χ1v) is 11.2. The van der Waals surface area contributed by atoms with E-state index in [-0.39, 0.29) is 23.9 Å². The number of nitrogens with one attached hydrogen (secondary N) is 2. The predicted molar refractivity (Wildman–Crippen MR) is 109 cm³/mol. The van der Waals surface area contributed by atoms with E-state index in [4.69, 9.17) is 4.74 Å². The lowest BCUT2D eigenvalue weighted by Gasteiger charge is -2.36. The van der Waals surface area contributed by atoms with Crippen molar-refractivity contribution in [3.05, 3.63) is 24.3 Å². The van der Waals surface area contributed by atoms with Gasteiger partial charge in [-0.25, -0.2) is 13.1 Å². The lowest BCUT2D eigenvalue weighted by molar-refractivity contribution is -0.116. The van der Waals surface area contributed by atoms with Gasteiger partial charge in [-0.3, -0.25) is 4.79 Å². The molecule has 1 aliphatic rings. The maximum Gasteiger partial charge on any atom is 0.224 e. The number of hydrogen-bond acceptors (Lipinski definition) is 5. The molecule has 7 nitrogen and oxygen atoms in total. The van der Waals surface area contributed by atoms with E-state index in [9.17, 15) is 13.2 Å². The summed E-state index contributed by atoms with van der Waals surface area (Å²) < 4.78 is 30.9. The maximum atomic E-state index is 12.0. The Morgan fingerprint density at radius 3 is 2.37 bits per heavy atom. The third kappa shape index (κ3) is 7.48. The Morgan fingerprint density at radius 1 is 1.15 bits per heavy atom. The molecular weight excluding hydrogens is 366 g/mol. The van der Waals surface area contributed by atoms with Crippen molar-refractivity contribution in [1.29, 1.82) is 0 Å². The highest BCUT2D eigenvalue weighted by Crippen LogP contribution is 2.22. The van der Waals surface area contributed by atoms with Gasteiger partial charge in [0.1, 0.15) is 0 Å². The van der Waals surface area contributed by atoms with Crippen LogP contribution in [0.2, 0.25) is 0 Å². The molecule has 0 unspecified atom stereocenters. The molecule has 1 aromatic carbocycles. The minimum absolute atomic E-state index is 0.0604. The van der Waals surface area contributed by atoms with Crippen LogP contribution < -0.4 is 14.9 Å². The van der Waals surface area contributed by atoms with E-state index in [1.807, 2.05) is 24.3 Å². The van der Waals surface area contributed by atoms with Crippen molar-refractivity contribution >= 4 is 27.3 Å². The van der Waals surface area contributed by atoms with E-state index in [0.29, 0.717) is 25.8 Å². The second-order valence-electron chi connectivity index (χ2n) is 7.01. The third-order valence-corrected chi connectivity index (χ3v) is 5.87. The lowest BCUT2D eigenvalue weighted by atomic mass is 10.2. The molecular formula is C19H31N3O4S. The van der Waals surface area contributed by atoms with E-state index < -0.39 is 10.0 Å². The average molecular weight is 398 g/mol. The smallest absolute Gasteiger partial charge is 0.224 e. The lowest BCUT2D eigenvalue weighted by Crippen LogP contribution is -2.45. The number of ether oxygens (including phenoxy) is 1. The predicted octanol–water partition coefficient (Wildman–Crippen LogP) is 2.35. The maximum absolute atomic E-state index is 12.0. The average Bonchev–Trinajstić information content (AvgIpc) is 2.61. The summed E-state index contributed by atoms with van der Waals surface area (Å²) in [5, 5.41) is 2.89. The molecule has 1 saturated heterocycles. The van der Waals surface area contributed by atoms with Crippen molar-refractivity contribution in [1.82, 2.24) is 4.72 Å². The first kappa shape index (κ1) is 21.7. The van der Waals surface area contributed by atoms with Crippen LogP contribution in [0, 0.1) is 0 Å². The molecule has 0 saturated carbocycles. The Balaban J connectivity index is 1.73. The molecule has 0 aromatic heterocycles. The minimum atomic E-state index is -3.15. The van der Waals surface area contributed by atoms with E-state index in [0.717, 1.165) is 24.5 Å². The summed E-state index contributed by atoms with van der Waals surface area (Å²) in [7, 11) is -3.15. The molecule has 2 N–H and O–H groups in total. The van der Waals surface area contributed by atoms with E-state index in [1.165, 1.54) is 0 Å². The normalized spacial score (nSPS) is 20.5. The number of morpholine rings is 1. The Bertz CT molecular complexity index is 696. The number of unbranched alkanes of at least 4 members (excludes halogenated alkanes) is 1. The number of carbonyl (C=O) groups is 1. The highest BCUT2D eigenvalue weighted by Gasteiger charge is 2.22. The fourth-order valence-corrected chi connectivity index (χ4v) is 3.77. The topological polar surface area (TPSA) is 87.7 Å². The van der Waals surface area contributed by atoms with Gasteiger partial charge in [0.25, 0.3) is 0 Å². The fourth-order valence-electron chi connectivity index (χ4n) is 3.11. The standard InChI is InChI=1S/C19H31N3O4S/c1-4-27(24,25)20-12-6-5-7-19(23)21-17-8-10-18(11-9-17)22-13-15(2)26-16(3)14-22/h8-11,15-16,20H,4-7,12-14H2,1-3H3,(H,21,23)/t15-,16+. The summed E-state index contributed by atoms with van der Waals surface area (Å²) in [4.78, 5) is 14.3. The van der Waals surface area contributed by atoms with Gasteiger partial charge in [-0.15, -0.1) is 0 Å². The third-order valence-electron chi connectivity index (χ3n) is 4.47. The Morgan fingerprint density at radius 2 is 1.78 bits per heavy atom. The molecule has 1 aromatic rings. The number of benzene rings is 1. The Labute approximate surface area is 162 Å². The van der Waals surface area contributed by atoms with Gasteiger partial charge < -0.3 is 15.0 Å². The molecule has 0 radical (unpaired) electrons. The zero-order valence-corrected chi connectivity index (χ0v) is 17.2. The molecule has 1 heterocycles. The first-order chi connectivity index (χ1) is 12.8. The van der Waals surface area contributed by atoms with Gasteiger partial charge >= 0.3 is 0 Å². The first-order valence-electron chi connectivity index (χ1n) is 9.56. The van der Waals surface area contributed by atoms with Gasteiger partial charge in [0.2, 0.25) is 15.9 Å². The van der Waals surface area contributed by atoms with Crippen LogP contribution in [-0.4, -0.2) is 51.9 Å². The van der Waals surface area contributed by atoms with Crippen LogP contribution in [0.25, 0.3) is 0 Å². The molecule has 1 amide bonds. The molecule has 1 fully saturated rings. The summed E-state index contributed by atoms with van der Waals surface area (Å²) in [6.07, 6.45) is 2.05. The van der Waals surface area contributed by atoms with Crippen LogP contribution in [0.15, 0.2) is 24.3 Å². The van der Waals surface area contributed by atoms with Crippen molar-refractivity contribution in [3.63, 3.8) is 0 Å². The molecule has 0 spiro atoms. The molecule has 2 atom stereocenters. The number of amides is 1. The summed E-state index contributed by atoms with van der Waals surface area (Å²) in [6.45, 7) is 7.83. The molecule has 27 heavy (non-hydrogen) atoms. The van der Waals surface area contributed by atoms with Crippen molar-refractivity contribution < 1.29 is 17.9 Å². The molecule has 0 bridgehead atoms. The highest BCUT2D eigenvalue weighted by molar-refractivity contribution is 7.89. The number of nitrogens with zero attached hydrogens (tertiary/aromatic N) is 1. The zero-order chi connectivity index (χ0) is 19.9. The van der Waals surface area contributed by atoms with Crippen molar-refractivity contribution in [2.45, 2.75) is 52.2 Å². The zero-order valence-electron chi connectivity index (χ0n) is 16.4. The number of hydrogen-bond donors (Lipinski definition) is 2. The van der Waals surface area contributed by atoms with Crippen LogP contribution in [0.5, 0.6) is 0 Å². The molecule has 0 aliphatic carbocycles. The summed E-state index contributed by atoms with van der Waals surface area (Å²) in [5.41, 5.74) is 1.89. The van der Waals surface area contributed by atoms with E-state index >= 15 is 0 Å². The van der Waals surface area contributed by atoms with Gasteiger partial charge in [0.15, 0.2) is 0 Å². The molecule has 2 rings (SSSR count). The minimum Gasteiger partial charge on any atom is -0.372 e. The fraction of sp³-hybridized carbons (Fsp3) is 0.632. The van der Waals surface area contributed by atoms with E-state index in [2.05, 4.69) is 28.8 Å². The SMILES string of the molecule is CCS(=O)(=O)NCCCCC(=O)Nc1ccc(N2C[C@@H](C)O[C@@H](C)C2)cc1. The van der Waals surface area contributed by atoms with Crippen LogP contribution >= 0.6 is 0 Å². The van der Waals surface area contributed by atoms with Crippen LogP contribution in [0.1, 0.15) is 40.0 Å². The van der Waals surface area contributed by atoms with Crippen LogP contribution in [0.3, 0.4) is 0 Å². The number of anilines is 2. The largest absolute Gasteiger partial charge is 0.372 e. The van der Waals surface area contributed by atoms with Gasteiger partial charge in [-0.1, -0.05) is 0 Å². The molecule has 152 valence electrons. The van der Waals surface area contributed by atoms with Gasteiger partial charge in [0.05, 0.1) is 18.0 Å². The monoisotopic (exact) mass is 397 g/mol. The number of sulfonamides is 1. The van der Waals surface area contributed by atoms with Gasteiger partial charge in [-0.05, 0) is 57.9 Å². The Kier molecular flexibility index (Phi) is 8.07. The highest BCUT2D eigenvalue weighted by atomic mass is 32.2. The summed E-state index contributed by atoms with van der Waals surface area (Å²) in [5.74, 6) is 0.0147. The van der Waals surface area contributed by atoms with Gasteiger partial charge in [-0.2, -0.15) is 0 Å². The van der Waals surface area contributed by atoms with Crippen LogP contribution in [0.4, 0.5) is 11.4 Å². The molecule has 8 heteroatoms. The van der Waals surface area contributed by atoms with Crippen molar-refractivity contribution in [2.24, 2.45) is 0 Å². The van der Waals surface area contributed by atoms with Gasteiger partial charge in [0, 0.05) is 37.4 Å². The summed E-state index contributed by atoms with van der Waals surface area (Å²) >= 11 is 0. The second kappa shape index (κ2) is 10.1. The van der Waals surface area contributed by atoms with E-state index in [1.54, 1.807) is 6.92 Å². The Hall–Kier alpha value is -1.64. The van der Waals surface area contributed by atoms with Crippen LogP contribution in [-0.2, 0) is 19.6 Å². The number of rotatable bonds is 9. The quantitative estimate of drug-likeness (QED) is 0.625. The van der Waals surface area contributed by atoms with Crippen molar-refractivity contribution in [2.75, 3.05) is 35.6 Å². The summed E-state index contributed by atoms with van der Waals surface area (Å²) in [6, 6.07) is 7.85. The number of carbonyl (C=O) groups excluding carboxylic acids is 1. The van der Waals surface area contributed by atoms with Crippen molar-refractivity contribution in [3.8, 4) is 0 Å².